The van der Waals surface area contributed by atoms with Crippen LogP contribution in [-0.2, 0) is 0 Å². The molecule has 0 aliphatic rings. The van der Waals surface area contributed by atoms with Crippen molar-refractivity contribution in [1.29, 1.82) is 0 Å². The van der Waals surface area contributed by atoms with E-state index in [-0.39, 0.29) is 0 Å². The average Bonchev–Trinajstić information content (AvgIpc) is 3.26. The molecular formula is C19H18N6S. The van der Waals surface area contributed by atoms with Crippen molar-refractivity contribution < 1.29 is 0 Å². The molecule has 0 unspecified atom stereocenters. The van der Waals surface area contributed by atoms with Crippen LogP contribution < -0.4 is 5.32 Å². The third-order valence-corrected chi connectivity index (χ3v) is 4.83. The Labute approximate surface area is 155 Å². The maximum absolute atomic E-state index is 4.56. The van der Waals surface area contributed by atoms with E-state index < -0.39 is 0 Å². The molecule has 3 aromatic heterocycles. The molecule has 130 valence electrons. The Balaban J connectivity index is 1.83. The maximum atomic E-state index is 4.56. The fourth-order valence-electron chi connectivity index (χ4n) is 2.79. The van der Waals surface area contributed by atoms with E-state index in [9.17, 15) is 0 Å². The monoisotopic (exact) mass is 362 g/mol. The SMILES string of the molecule is C=C(C)CNc1cccc(-c2ncnc3[nH]cc(-c4nnc(C)s4)c23)c1. The molecule has 1 aromatic carbocycles. The molecule has 26 heavy (non-hydrogen) atoms. The number of fused-ring (bicyclic) bond motifs is 1. The number of benzene rings is 1. The number of nitrogens with one attached hydrogen (secondary N) is 2. The lowest BCUT2D eigenvalue weighted by atomic mass is 10.1. The van der Waals surface area contributed by atoms with Gasteiger partial charge in [0.05, 0.1) is 11.1 Å². The number of rotatable bonds is 5. The van der Waals surface area contributed by atoms with Gasteiger partial charge in [0.2, 0.25) is 0 Å². The van der Waals surface area contributed by atoms with E-state index in [0.29, 0.717) is 0 Å². The van der Waals surface area contributed by atoms with Gasteiger partial charge in [0.25, 0.3) is 0 Å². The first-order chi connectivity index (χ1) is 12.6. The minimum Gasteiger partial charge on any atom is -0.381 e. The first-order valence-electron chi connectivity index (χ1n) is 8.23. The normalized spacial score (nSPS) is 11.0. The number of aromatic amines is 1. The van der Waals surface area contributed by atoms with Crippen LogP contribution in [0.5, 0.6) is 0 Å². The van der Waals surface area contributed by atoms with Crippen molar-refractivity contribution >= 4 is 28.1 Å². The molecule has 4 aromatic rings. The summed E-state index contributed by atoms with van der Waals surface area (Å²) >= 11 is 1.56. The van der Waals surface area contributed by atoms with Gasteiger partial charge in [0.1, 0.15) is 22.0 Å². The Morgan fingerprint density at radius 1 is 1.27 bits per heavy atom. The van der Waals surface area contributed by atoms with Crippen molar-refractivity contribution in [3.63, 3.8) is 0 Å². The molecule has 0 amide bonds. The first-order valence-corrected chi connectivity index (χ1v) is 9.04. The van der Waals surface area contributed by atoms with Crippen LogP contribution in [0.25, 0.3) is 32.9 Å². The number of H-pyrrole nitrogens is 1. The molecule has 0 radical (unpaired) electrons. The highest BCUT2D eigenvalue weighted by atomic mass is 32.1. The minimum atomic E-state index is 0.738. The van der Waals surface area contributed by atoms with Crippen LogP contribution in [0.4, 0.5) is 5.69 Å². The van der Waals surface area contributed by atoms with Crippen molar-refractivity contribution in [2.45, 2.75) is 13.8 Å². The molecule has 0 atom stereocenters. The molecule has 7 heteroatoms. The molecule has 6 nitrogen and oxygen atoms in total. The fraction of sp³-hybridized carbons (Fsp3) is 0.158. The van der Waals surface area contributed by atoms with Gasteiger partial charge in [0.15, 0.2) is 0 Å². The van der Waals surface area contributed by atoms with E-state index in [1.165, 1.54) is 0 Å². The number of anilines is 1. The second kappa shape index (κ2) is 6.68. The Morgan fingerprint density at radius 3 is 2.92 bits per heavy atom. The molecule has 2 N–H and O–H groups in total. The summed E-state index contributed by atoms with van der Waals surface area (Å²) in [6.45, 7) is 8.62. The zero-order chi connectivity index (χ0) is 18.1. The number of nitrogens with zero attached hydrogens (tertiary/aromatic N) is 4. The van der Waals surface area contributed by atoms with Crippen LogP contribution in [0.15, 0.2) is 48.9 Å². The van der Waals surface area contributed by atoms with Crippen LogP contribution in [0.1, 0.15) is 11.9 Å². The molecule has 0 fully saturated rings. The zero-order valence-corrected chi connectivity index (χ0v) is 15.4. The van der Waals surface area contributed by atoms with E-state index >= 15 is 0 Å². The lowest BCUT2D eigenvalue weighted by molar-refractivity contribution is 1.05. The molecule has 0 saturated carbocycles. The summed E-state index contributed by atoms with van der Waals surface area (Å²) in [5.74, 6) is 0. The minimum absolute atomic E-state index is 0.738. The predicted molar refractivity (Wildman–Crippen MR) is 106 cm³/mol. The van der Waals surface area contributed by atoms with Crippen molar-refractivity contribution in [2.75, 3.05) is 11.9 Å². The lowest BCUT2D eigenvalue weighted by Crippen LogP contribution is -2.01. The number of aryl methyl sites for hydroxylation is 1. The highest BCUT2D eigenvalue weighted by molar-refractivity contribution is 7.14. The summed E-state index contributed by atoms with van der Waals surface area (Å²) in [5, 5.41) is 14.5. The Kier molecular flexibility index (Phi) is 4.22. The molecule has 3 heterocycles. The molecule has 4 rings (SSSR count). The summed E-state index contributed by atoms with van der Waals surface area (Å²) in [7, 11) is 0. The molecule has 0 aliphatic carbocycles. The number of hydrogen-bond donors (Lipinski definition) is 2. The summed E-state index contributed by atoms with van der Waals surface area (Å²) in [6.07, 6.45) is 3.50. The average molecular weight is 362 g/mol. The van der Waals surface area contributed by atoms with E-state index in [4.69, 9.17) is 0 Å². The predicted octanol–water partition coefficient (Wildman–Crippen LogP) is 4.44. The highest BCUT2D eigenvalue weighted by Crippen LogP contribution is 2.35. The van der Waals surface area contributed by atoms with Gasteiger partial charge in [-0.05, 0) is 26.0 Å². The van der Waals surface area contributed by atoms with Gasteiger partial charge in [-0.2, -0.15) is 0 Å². The van der Waals surface area contributed by atoms with Gasteiger partial charge >= 0.3 is 0 Å². The van der Waals surface area contributed by atoms with E-state index in [1.54, 1.807) is 17.7 Å². The van der Waals surface area contributed by atoms with Gasteiger partial charge in [-0.1, -0.05) is 35.6 Å². The molecule has 0 bridgehead atoms. The van der Waals surface area contributed by atoms with Gasteiger partial charge in [-0.3, -0.25) is 0 Å². The molecule has 0 spiro atoms. The maximum Gasteiger partial charge on any atom is 0.150 e. The van der Waals surface area contributed by atoms with E-state index in [2.05, 4.69) is 49.2 Å². The first kappa shape index (κ1) is 16.4. The number of aromatic nitrogens is 5. The molecule has 0 saturated heterocycles. The van der Waals surface area contributed by atoms with Gasteiger partial charge in [-0.15, -0.1) is 10.2 Å². The summed E-state index contributed by atoms with van der Waals surface area (Å²) < 4.78 is 0. The van der Waals surface area contributed by atoms with Crippen molar-refractivity contribution in [1.82, 2.24) is 25.1 Å². The summed E-state index contributed by atoms with van der Waals surface area (Å²) in [6, 6.07) is 8.20. The standard InChI is InChI=1S/C19H18N6S/c1-11(2)8-20-14-6-4-5-13(7-14)17-16-15(19-25-24-12(3)26-19)9-21-18(16)23-10-22-17/h4-7,9-10,20H,1,8H2,2-3H3,(H,21,22,23). The highest BCUT2D eigenvalue weighted by Gasteiger charge is 2.17. The number of hydrogen-bond acceptors (Lipinski definition) is 6. The topological polar surface area (TPSA) is 79.4 Å². The quantitative estimate of drug-likeness (QED) is 0.513. The summed E-state index contributed by atoms with van der Waals surface area (Å²) in [5.41, 5.74) is 5.77. The smallest absolute Gasteiger partial charge is 0.150 e. The second-order valence-electron chi connectivity index (χ2n) is 6.17. The summed E-state index contributed by atoms with van der Waals surface area (Å²) in [4.78, 5) is 12.1. The van der Waals surface area contributed by atoms with Crippen molar-refractivity contribution in [3.05, 3.63) is 53.9 Å². The van der Waals surface area contributed by atoms with Gasteiger partial charge < -0.3 is 10.3 Å². The fourth-order valence-corrected chi connectivity index (χ4v) is 3.50. The van der Waals surface area contributed by atoms with Gasteiger partial charge in [-0.25, -0.2) is 9.97 Å². The van der Waals surface area contributed by atoms with Crippen LogP contribution in [0, 0.1) is 6.92 Å². The zero-order valence-electron chi connectivity index (χ0n) is 14.6. The second-order valence-corrected chi connectivity index (χ2v) is 7.35. The van der Waals surface area contributed by atoms with E-state index in [1.807, 2.05) is 32.2 Å². The van der Waals surface area contributed by atoms with Crippen LogP contribution in [0.3, 0.4) is 0 Å². The third kappa shape index (κ3) is 3.09. The van der Waals surface area contributed by atoms with E-state index in [0.717, 1.165) is 55.7 Å². The largest absolute Gasteiger partial charge is 0.381 e. The third-order valence-electron chi connectivity index (χ3n) is 3.96. The van der Waals surface area contributed by atoms with Crippen LogP contribution in [-0.4, -0.2) is 31.7 Å². The van der Waals surface area contributed by atoms with Gasteiger partial charge in [0, 0.05) is 29.6 Å². The van der Waals surface area contributed by atoms with Crippen LogP contribution >= 0.6 is 11.3 Å². The lowest BCUT2D eigenvalue weighted by Gasteiger charge is -2.09. The van der Waals surface area contributed by atoms with Crippen LogP contribution in [0.2, 0.25) is 0 Å². The molecule has 0 aliphatic heterocycles. The molecular weight excluding hydrogens is 344 g/mol. The Bertz CT molecular complexity index is 1090. The van der Waals surface area contributed by atoms with Crippen molar-refractivity contribution in [2.24, 2.45) is 0 Å². The Morgan fingerprint density at radius 2 is 2.15 bits per heavy atom. The Hall–Kier alpha value is -3.06. The van der Waals surface area contributed by atoms with Crippen molar-refractivity contribution in [3.8, 4) is 21.8 Å².